The molecule has 1 aliphatic rings. The fraction of sp³-hybridized carbons (Fsp3) is 0.417. The number of hydrogen-bond acceptors (Lipinski definition) is 5. The summed E-state index contributed by atoms with van der Waals surface area (Å²) in [4.78, 5) is 10.9. The summed E-state index contributed by atoms with van der Waals surface area (Å²) in [5, 5.41) is 4.15. The van der Waals surface area contributed by atoms with Crippen molar-refractivity contribution in [2.45, 2.75) is 0 Å². The van der Waals surface area contributed by atoms with Crippen LogP contribution in [0.2, 0.25) is 0 Å². The predicted octanol–water partition coefficient (Wildman–Crippen LogP) is 0.477. The standard InChI is InChI=1S/C12H15N5OS/c1-19(18)9-10-7-16(8-10)12-13-5-3-11(15-12)17-6-2-4-14-17/h2-6,10H,7-9H2,1H3. The van der Waals surface area contributed by atoms with Gasteiger partial charge in [-0.15, -0.1) is 0 Å². The minimum atomic E-state index is -0.726. The Labute approximate surface area is 113 Å². The third-order valence-corrected chi connectivity index (χ3v) is 4.02. The van der Waals surface area contributed by atoms with Crippen LogP contribution in [0.25, 0.3) is 5.82 Å². The maximum absolute atomic E-state index is 11.1. The van der Waals surface area contributed by atoms with E-state index in [-0.39, 0.29) is 0 Å². The van der Waals surface area contributed by atoms with Crippen LogP contribution in [-0.2, 0) is 10.8 Å². The van der Waals surface area contributed by atoms with Gasteiger partial charge < -0.3 is 4.90 Å². The zero-order chi connectivity index (χ0) is 13.2. The molecule has 1 saturated heterocycles. The molecule has 2 aromatic heterocycles. The molecule has 3 heterocycles. The summed E-state index contributed by atoms with van der Waals surface area (Å²) >= 11 is 0. The molecule has 6 nitrogen and oxygen atoms in total. The molecule has 0 amide bonds. The van der Waals surface area contributed by atoms with Crippen LogP contribution in [0.15, 0.2) is 30.7 Å². The van der Waals surface area contributed by atoms with Gasteiger partial charge in [0.25, 0.3) is 0 Å². The summed E-state index contributed by atoms with van der Waals surface area (Å²) in [6.07, 6.45) is 7.06. The summed E-state index contributed by atoms with van der Waals surface area (Å²) in [6, 6.07) is 3.69. The zero-order valence-electron chi connectivity index (χ0n) is 10.6. The van der Waals surface area contributed by atoms with E-state index in [1.165, 1.54) is 0 Å². The summed E-state index contributed by atoms with van der Waals surface area (Å²) in [7, 11) is -0.726. The molecule has 0 aromatic carbocycles. The van der Waals surface area contributed by atoms with E-state index in [9.17, 15) is 4.21 Å². The molecule has 100 valence electrons. The Morgan fingerprint density at radius 2 is 2.26 bits per heavy atom. The van der Waals surface area contributed by atoms with Gasteiger partial charge in [-0.05, 0) is 6.07 Å². The highest BCUT2D eigenvalue weighted by atomic mass is 32.2. The second-order valence-electron chi connectivity index (χ2n) is 4.68. The lowest BCUT2D eigenvalue weighted by Crippen LogP contribution is -2.49. The SMILES string of the molecule is CS(=O)CC1CN(c2nccc(-n3cccn3)n2)C1. The van der Waals surface area contributed by atoms with Crippen molar-refractivity contribution in [2.75, 3.05) is 30.0 Å². The molecule has 0 radical (unpaired) electrons. The van der Waals surface area contributed by atoms with Gasteiger partial charge in [0.05, 0.1) is 0 Å². The molecule has 7 heteroatoms. The van der Waals surface area contributed by atoms with Crippen LogP contribution in [0.1, 0.15) is 0 Å². The molecule has 1 unspecified atom stereocenters. The molecule has 0 aliphatic carbocycles. The second kappa shape index (κ2) is 5.08. The normalized spacial score (nSPS) is 17.2. The molecule has 1 atom stereocenters. The Morgan fingerprint density at radius 1 is 1.42 bits per heavy atom. The van der Waals surface area contributed by atoms with E-state index in [1.807, 2.05) is 18.3 Å². The second-order valence-corrected chi connectivity index (χ2v) is 6.16. The topological polar surface area (TPSA) is 63.9 Å². The van der Waals surface area contributed by atoms with Crippen LogP contribution in [0.5, 0.6) is 0 Å². The monoisotopic (exact) mass is 277 g/mol. The summed E-state index contributed by atoms with van der Waals surface area (Å²) in [5.74, 6) is 2.72. The Morgan fingerprint density at radius 3 is 2.95 bits per heavy atom. The first-order valence-electron chi connectivity index (χ1n) is 6.10. The smallest absolute Gasteiger partial charge is 0.227 e. The Bertz CT molecular complexity index is 580. The maximum atomic E-state index is 11.1. The average Bonchev–Trinajstić information content (AvgIpc) is 2.87. The maximum Gasteiger partial charge on any atom is 0.227 e. The van der Waals surface area contributed by atoms with Crippen LogP contribution < -0.4 is 4.90 Å². The van der Waals surface area contributed by atoms with Crippen LogP contribution in [0.4, 0.5) is 5.95 Å². The number of anilines is 1. The van der Waals surface area contributed by atoms with E-state index in [0.29, 0.717) is 11.9 Å². The van der Waals surface area contributed by atoms with Crippen LogP contribution in [-0.4, -0.2) is 49.1 Å². The lowest BCUT2D eigenvalue weighted by Gasteiger charge is -2.38. The van der Waals surface area contributed by atoms with Crippen LogP contribution >= 0.6 is 0 Å². The summed E-state index contributed by atoms with van der Waals surface area (Å²) in [5.41, 5.74) is 0. The first kappa shape index (κ1) is 12.3. The largest absolute Gasteiger partial charge is 0.340 e. The predicted molar refractivity (Wildman–Crippen MR) is 73.8 cm³/mol. The highest BCUT2D eigenvalue weighted by Crippen LogP contribution is 2.22. The number of hydrogen-bond donors (Lipinski definition) is 0. The highest BCUT2D eigenvalue weighted by molar-refractivity contribution is 7.84. The van der Waals surface area contributed by atoms with E-state index in [2.05, 4.69) is 20.0 Å². The minimum absolute atomic E-state index is 0.489. The van der Waals surface area contributed by atoms with Gasteiger partial charge in [0.2, 0.25) is 5.95 Å². The van der Waals surface area contributed by atoms with Crippen molar-refractivity contribution >= 4 is 16.7 Å². The van der Waals surface area contributed by atoms with Crippen molar-refractivity contribution in [3.63, 3.8) is 0 Å². The van der Waals surface area contributed by atoms with Gasteiger partial charge in [-0.2, -0.15) is 10.1 Å². The third kappa shape index (κ3) is 2.65. The fourth-order valence-electron chi connectivity index (χ4n) is 2.19. The van der Waals surface area contributed by atoms with Crippen molar-refractivity contribution in [1.29, 1.82) is 0 Å². The quantitative estimate of drug-likeness (QED) is 0.813. The van der Waals surface area contributed by atoms with Crippen molar-refractivity contribution in [2.24, 2.45) is 5.92 Å². The summed E-state index contributed by atoms with van der Waals surface area (Å²) < 4.78 is 12.9. The lowest BCUT2D eigenvalue weighted by molar-refractivity contribution is 0.442. The van der Waals surface area contributed by atoms with Crippen molar-refractivity contribution in [3.8, 4) is 5.82 Å². The lowest BCUT2D eigenvalue weighted by atomic mass is 10.0. The molecule has 0 spiro atoms. The Hall–Kier alpha value is -1.76. The first-order valence-corrected chi connectivity index (χ1v) is 7.83. The highest BCUT2D eigenvalue weighted by Gasteiger charge is 2.29. The molecule has 1 aliphatic heterocycles. The molecular weight excluding hydrogens is 262 g/mol. The molecule has 2 aromatic rings. The molecule has 0 bridgehead atoms. The van der Waals surface area contributed by atoms with Gasteiger partial charge in [-0.3, -0.25) is 4.21 Å². The van der Waals surface area contributed by atoms with Crippen molar-refractivity contribution in [3.05, 3.63) is 30.7 Å². The van der Waals surface area contributed by atoms with E-state index in [1.54, 1.807) is 23.3 Å². The van der Waals surface area contributed by atoms with Gasteiger partial charge in [0, 0.05) is 66.5 Å². The summed E-state index contributed by atoms with van der Waals surface area (Å²) in [6.45, 7) is 1.75. The molecule has 1 fully saturated rings. The van der Waals surface area contributed by atoms with Gasteiger partial charge >= 0.3 is 0 Å². The van der Waals surface area contributed by atoms with Crippen LogP contribution in [0.3, 0.4) is 0 Å². The molecule has 0 N–H and O–H groups in total. The first-order chi connectivity index (χ1) is 9.22. The number of nitrogens with zero attached hydrogens (tertiary/aromatic N) is 5. The molecule has 3 rings (SSSR count). The van der Waals surface area contributed by atoms with E-state index >= 15 is 0 Å². The molecule has 19 heavy (non-hydrogen) atoms. The van der Waals surface area contributed by atoms with E-state index in [4.69, 9.17) is 0 Å². The Kier molecular flexibility index (Phi) is 3.29. The van der Waals surface area contributed by atoms with Crippen molar-refractivity contribution in [1.82, 2.24) is 19.7 Å². The molecule has 0 saturated carbocycles. The van der Waals surface area contributed by atoms with Gasteiger partial charge in [0.1, 0.15) is 0 Å². The number of aromatic nitrogens is 4. The van der Waals surface area contributed by atoms with Crippen molar-refractivity contribution < 1.29 is 4.21 Å². The van der Waals surface area contributed by atoms with Gasteiger partial charge in [0.15, 0.2) is 5.82 Å². The van der Waals surface area contributed by atoms with Crippen LogP contribution in [0, 0.1) is 5.92 Å². The van der Waals surface area contributed by atoms with E-state index in [0.717, 1.165) is 24.7 Å². The van der Waals surface area contributed by atoms with Gasteiger partial charge in [-0.25, -0.2) is 9.67 Å². The average molecular weight is 277 g/mol. The Balaban J connectivity index is 1.70. The number of rotatable bonds is 4. The van der Waals surface area contributed by atoms with Gasteiger partial charge in [-0.1, -0.05) is 0 Å². The van der Waals surface area contributed by atoms with E-state index < -0.39 is 10.8 Å². The third-order valence-electron chi connectivity index (χ3n) is 3.08. The fourth-order valence-corrected chi connectivity index (χ4v) is 3.07. The zero-order valence-corrected chi connectivity index (χ0v) is 11.5. The minimum Gasteiger partial charge on any atom is -0.340 e. The molecular formula is C12H15N5OS.